The summed E-state index contributed by atoms with van der Waals surface area (Å²) in [6, 6.07) is -0.000938. The lowest BCUT2D eigenvalue weighted by molar-refractivity contribution is 0.0941. The zero-order valence-corrected chi connectivity index (χ0v) is 12.4. The summed E-state index contributed by atoms with van der Waals surface area (Å²) in [5.74, 6) is -0.345. The van der Waals surface area contributed by atoms with E-state index in [4.69, 9.17) is 0 Å². The minimum absolute atomic E-state index is 0.000938. The van der Waals surface area contributed by atoms with Crippen molar-refractivity contribution >= 4 is 22.2 Å². The van der Waals surface area contributed by atoms with Crippen LogP contribution >= 0.6 is 11.3 Å². The molecule has 0 unspecified atom stereocenters. The third-order valence-corrected chi connectivity index (χ3v) is 4.62. The van der Waals surface area contributed by atoms with Gasteiger partial charge in [0.05, 0.1) is 0 Å². The normalized spacial score (nSPS) is 14.6. The Hall–Kier alpha value is -1.69. The van der Waals surface area contributed by atoms with Crippen LogP contribution in [0.4, 0.5) is 0 Å². The van der Waals surface area contributed by atoms with Gasteiger partial charge in [-0.1, -0.05) is 0 Å². The molecule has 0 aliphatic heterocycles. The van der Waals surface area contributed by atoms with E-state index in [-0.39, 0.29) is 23.1 Å². The Labute approximate surface area is 120 Å². The average molecular weight is 291 g/mol. The second kappa shape index (κ2) is 5.01. The molecule has 0 bridgehead atoms. The Balaban J connectivity index is 2.15. The lowest BCUT2D eigenvalue weighted by Crippen LogP contribution is -2.35. The summed E-state index contributed by atoms with van der Waals surface area (Å²) >= 11 is 1.57. The van der Waals surface area contributed by atoms with Crippen molar-refractivity contribution in [2.45, 2.75) is 45.6 Å². The lowest BCUT2D eigenvalue weighted by Gasteiger charge is -2.11. The predicted molar refractivity (Wildman–Crippen MR) is 78.6 cm³/mol. The van der Waals surface area contributed by atoms with Crippen molar-refractivity contribution in [2.75, 3.05) is 0 Å². The van der Waals surface area contributed by atoms with E-state index in [1.54, 1.807) is 15.7 Å². The predicted octanol–water partition coefficient (Wildman–Crippen LogP) is 1.77. The van der Waals surface area contributed by atoms with Crippen LogP contribution in [0.15, 0.2) is 11.0 Å². The van der Waals surface area contributed by atoms with Gasteiger partial charge in [-0.2, -0.15) is 0 Å². The number of fused-ring (bicyclic) bond motifs is 3. The minimum Gasteiger partial charge on any atom is -0.350 e. The van der Waals surface area contributed by atoms with E-state index < -0.39 is 0 Å². The molecule has 0 atom stereocenters. The van der Waals surface area contributed by atoms with Crippen LogP contribution in [0.5, 0.6) is 0 Å². The minimum atomic E-state index is -0.345. The van der Waals surface area contributed by atoms with Crippen LogP contribution in [0, 0.1) is 0 Å². The highest BCUT2D eigenvalue weighted by Gasteiger charge is 2.21. The molecule has 2 aromatic rings. The van der Waals surface area contributed by atoms with Gasteiger partial charge in [0.25, 0.3) is 11.5 Å². The summed E-state index contributed by atoms with van der Waals surface area (Å²) in [5.41, 5.74) is 0.933. The number of nitrogens with one attached hydrogen (secondary N) is 1. The number of thiazole rings is 1. The molecule has 106 valence electrons. The molecule has 1 aliphatic rings. The monoisotopic (exact) mass is 291 g/mol. The number of aryl methyl sites for hydroxylation is 2. The highest BCUT2D eigenvalue weighted by atomic mass is 32.1. The van der Waals surface area contributed by atoms with Crippen LogP contribution in [0.3, 0.4) is 0 Å². The fraction of sp³-hybridized carbons (Fsp3) is 0.500. The number of aromatic nitrogens is 2. The molecular formula is C14H17N3O2S. The maximum Gasteiger partial charge on any atom is 0.271 e. The van der Waals surface area contributed by atoms with Gasteiger partial charge in [-0.25, -0.2) is 4.98 Å². The Kier molecular flexibility index (Phi) is 3.33. The maximum absolute atomic E-state index is 12.6. The average Bonchev–Trinajstić information content (AvgIpc) is 2.77. The van der Waals surface area contributed by atoms with Crippen LogP contribution in [-0.4, -0.2) is 21.3 Å². The van der Waals surface area contributed by atoms with Gasteiger partial charge in [0.2, 0.25) is 0 Å². The first-order valence-corrected chi connectivity index (χ1v) is 7.72. The first kappa shape index (κ1) is 13.3. The van der Waals surface area contributed by atoms with E-state index in [1.807, 2.05) is 13.8 Å². The Bertz CT molecular complexity index is 730. The van der Waals surface area contributed by atoms with Gasteiger partial charge >= 0.3 is 0 Å². The van der Waals surface area contributed by atoms with Crippen LogP contribution in [0.25, 0.3) is 4.96 Å². The summed E-state index contributed by atoms with van der Waals surface area (Å²) < 4.78 is 1.63. The number of carbonyl (C=O) groups is 1. The van der Waals surface area contributed by atoms with Gasteiger partial charge in [0, 0.05) is 22.8 Å². The van der Waals surface area contributed by atoms with E-state index in [2.05, 4.69) is 10.3 Å². The number of rotatable bonds is 2. The summed E-state index contributed by atoms with van der Waals surface area (Å²) in [6.07, 6.45) is 5.56. The number of hydrogen-bond donors (Lipinski definition) is 1. The molecule has 1 amide bonds. The van der Waals surface area contributed by atoms with E-state index >= 15 is 0 Å². The highest BCUT2D eigenvalue weighted by Crippen LogP contribution is 2.28. The van der Waals surface area contributed by atoms with Crippen LogP contribution in [-0.2, 0) is 12.8 Å². The molecule has 2 aromatic heterocycles. The molecule has 20 heavy (non-hydrogen) atoms. The Morgan fingerprint density at radius 1 is 1.40 bits per heavy atom. The molecule has 1 N–H and O–H groups in total. The quantitative estimate of drug-likeness (QED) is 0.917. The molecule has 0 spiro atoms. The van der Waals surface area contributed by atoms with Gasteiger partial charge in [-0.3, -0.25) is 14.0 Å². The lowest BCUT2D eigenvalue weighted by atomic mass is 10.0. The zero-order valence-electron chi connectivity index (χ0n) is 11.6. The molecule has 1 aliphatic carbocycles. The first-order valence-electron chi connectivity index (χ1n) is 6.91. The Morgan fingerprint density at radius 2 is 2.15 bits per heavy atom. The molecule has 0 aromatic carbocycles. The van der Waals surface area contributed by atoms with Gasteiger partial charge in [-0.05, 0) is 39.5 Å². The van der Waals surface area contributed by atoms with Gasteiger partial charge < -0.3 is 5.32 Å². The Morgan fingerprint density at radius 3 is 2.90 bits per heavy atom. The number of carbonyl (C=O) groups excluding carboxylic acids is 1. The SMILES string of the molecule is CC(C)NC(=O)c1cnc2sc3c(n2c1=O)CCCC3. The summed E-state index contributed by atoms with van der Waals surface area (Å²) in [4.78, 5) is 30.8. The zero-order chi connectivity index (χ0) is 14.3. The molecule has 0 radical (unpaired) electrons. The molecule has 0 saturated carbocycles. The summed E-state index contributed by atoms with van der Waals surface area (Å²) in [7, 11) is 0. The molecule has 2 heterocycles. The smallest absolute Gasteiger partial charge is 0.271 e. The molecule has 0 fully saturated rings. The van der Waals surface area contributed by atoms with E-state index in [1.165, 1.54) is 11.1 Å². The van der Waals surface area contributed by atoms with Crippen molar-refractivity contribution in [1.82, 2.24) is 14.7 Å². The van der Waals surface area contributed by atoms with E-state index in [9.17, 15) is 9.59 Å². The highest BCUT2D eigenvalue weighted by molar-refractivity contribution is 7.17. The van der Waals surface area contributed by atoms with E-state index in [0.29, 0.717) is 4.96 Å². The summed E-state index contributed by atoms with van der Waals surface area (Å²) in [6.45, 7) is 3.74. The van der Waals surface area contributed by atoms with Crippen molar-refractivity contribution < 1.29 is 4.79 Å². The van der Waals surface area contributed by atoms with Gasteiger partial charge in [-0.15, -0.1) is 11.3 Å². The van der Waals surface area contributed by atoms with Gasteiger partial charge in [0.1, 0.15) is 5.56 Å². The third kappa shape index (κ3) is 2.14. The number of amides is 1. The second-order valence-electron chi connectivity index (χ2n) is 5.40. The van der Waals surface area contributed by atoms with Gasteiger partial charge in [0.15, 0.2) is 4.96 Å². The summed E-state index contributed by atoms with van der Waals surface area (Å²) in [5, 5.41) is 2.75. The molecule has 6 heteroatoms. The third-order valence-electron chi connectivity index (χ3n) is 3.47. The van der Waals surface area contributed by atoms with Crippen LogP contribution in [0.2, 0.25) is 0 Å². The maximum atomic E-state index is 12.6. The van der Waals surface area contributed by atoms with Crippen LogP contribution in [0.1, 0.15) is 47.6 Å². The molecule has 3 rings (SSSR count). The van der Waals surface area contributed by atoms with Crippen molar-refractivity contribution in [1.29, 1.82) is 0 Å². The fourth-order valence-electron chi connectivity index (χ4n) is 2.56. The molecular weight excluding hydrogens is 274 g/mol. The number of hydrogen-bond acceptors (Lipinski definition) is 4. The number of nitrogens with zero attached hydrogens (tertiary/aromatic N) is 2. The van der Waals surface area contributed by atoms with Crippen molar-refractivity contribution in [3.63, 3.8) is 0 Å². The first-order chi connectivity index (χ1) is 9.58. The topological polar surface area (TPSA) is 63.5 Å². The molecule has 5 nitrogen and oxygen atoms in total. The van der Waals surface area contributed by atoms with Crippen molar-refractivity contribution in [3.8, 4) is 0 Å². The van der Waals surface area contributed by atoms with Crippen LogP contribution < -0.4 is 10.9 Å². The fourth-order valence-corrected chi connectivity index (χ4v) is 3.73. The van der Waals surface area contributed by atoms with Crippen molar-refractivity contribution in [2.24, 2.45) is 0 Å². The van der Waals surface area contributed by atoms with Crippen molar-refractivity contribution in [3.05, 3.63) is 32.7 Å². The largest absolute Gasteiger partial charge is 0.350 e. The van der Waals surface area contributed by atoms with E-state index in [0.717, 1.165) is 31.4 Å². The second-order valence-corrected chi connectivity index (χ2v) is 6.46. The molecule has 0 saturated heterocycles. The standard InChI is InChI=1S/C14H17N3O2S/c1-8(2)16-12(18)9-7-15-14-17(13(9)19)10-5-3-4-6-11(10)20-14/h7-8H,3-6H2,1-2H3,(H,16,18).